The SMILES string of the molecule is CC(O)c1ncc(Br)cn1. The highest BCUT2D eigenvalue weighted by molar-refractivity contribution is 9.10. The molecule has 0 fully saturated rings. The molecule has 10 heavy (non-hydrogen) atoms. The van der Waals surface area contributed by atoms with Gasteiger partial charge < -0.3 is 5.11 Å². The molecule has 0 saturated carbocycles. The highest BCUT2D eigenvalue weighted by atomic mass is 79.9. The molecule has 0 aromatic carbocycles. The summed E-state index contributed by atoms with van der Waals surface area (Å²) < 4.78 is 0.817. The van der Waals surface area contributed by atoms with E-state index in [1.54, 1.807) is 19.3 Å². The zero-order chi connectivity index (χ0) is 7.56. The molecule has 1 rings (SSSR count). The molecule has 1 atom stereocenters. The molecule has 1 aromatic heterocycles. The number of hydrogen-bond acceptors (Lipinski definition) is 3. The Bertz CT molecular complexity index is 209. The van der Waals surface area contributed by atoms with Crippen LogP contribution in [0.25, 0.3) is 0 Å². The van der Waals surface area contributed by atoms with Gasteiger partial charge in [0.05, 0.1) is 4.47 Å². The summed E-state index contributed by atoms with van der Waals surface area (Å²) >= 11 is 3.19. The van der Waals surface area contributed by atoms with Crippen LogP contribution in [0.2, 0.25) is 0 Å². The van der Waals surface area contributed by atoms with E-state index in [1.165, 1.54) is 0 Å². The number of rotatable bonds is 1. The average Bonchev–Trinajstić information content (AvgIpc) is 1.88. The largest absolute Gasteiger partial charge is 0.385 e. The van der Waals surface area contributed by atoms with E-state index in [-0.39, 0.29) is 0 Å². The van der Waals surface area contributed by atoms with Crippen molar-refractivity contribution in [1.29, 1.82) is 0 Å². The number of nitrogens with zero attached hydrogens (tertiary/aromatic N) is 2. The Morgan fingerprint density at radius 2 is 2.00 bits per heavy atom. The van der Waals surface area contributed by atoms with E-state index in [9.17, 15) is 0 Å². The van der Waals surface area contributed by atoms with E-state index in [1.807, 2.05) is 0 Å². The number of hydrogen-bond donors (Lipinski definition) is 1. The molecule has 0 saturated heterocycles. The van der Waals surface area contributed by atoms with E-state index in [4.69, 9.17) is 5.11 Å². The topological polar surface area (TPSA) is 46.0 Å². The maximum Gasteiger partial charge on any atom is 0.156 e. The molecule has 4 heteroatoms. The van der Waals surface area contributed by atoms with Gasteiger partial charge in [-0.2, -0.15) is 0 Å². The van der Waals surface area contributed by atoms with E-state index < -0.39 is 6.10 Å². The molecule has 0 aliphatic carbocycles. The third-order valence-electron chi connectivity index (χ3n) is 1.01. The van der Waals surface area contributed by atoms with Crippen molar-refractivity contribution in [3.63, 3.8) is 0 Å². The van der Waals surface area contributed by atoms with Gasteiger partial charge in [-0.15, -0.1) is 0 Å². The lowest BCUT2D eigenvalue weighted by atomic mass is 10.4. The van der Waals surface area contributed by atoms with Crippen molar-refractivity contribution in [3.05, 3.63) is 22.7 Å². The van der Waals surface area contributed by atoms with Gasteiger partial charge in [-0.3, -0.25) is 0 Å². The van der Waals surface area contributed by atoms with Crippen molar-refractivity contribution in [2.75, 3.05) is 0 Å². The summed E-state index contributed by atoms with van der Waals surface area (Å²) in [4.78, 5) is 7.74. The summed E-state index contributed by atoms with van der Waals surface area (Å²) in [6.07, 6.45) is 2.62. The fraction of sp³-hybridized carbons (Fsp3) is 0.333. The highest BCUT2D eigenvalue weighted by Crippen LogP contribution is 2.08. The second kappa shape index (κ2) is 3.07. The van der Waals surface area contributed by atoms with Crippen molar-refractivity contribution < 1.29 is 5.11 Å². The summed E-state index contributed by atoms with van der Waals surface area (Å²) in [5.41, 5.74) is 0. The molecular weight excluding hydrogens is 196 g/mol. The normalized spacial score (nSPS) is 13.1. The van der Waals surface area contributed by atoms with Gasteiger partial charge in [0.25, 0.3) is 0 Å². The Labute approximate surface area is 67.3 Å². The first-order valence-electron chi connectivity index (χ1n) is 2.85. The molecule has 1 heterocycles. The van der Waals surface area contributed by atoms with E-state index in [2.05, 4.69) is 25.9 Å². The summed E-state index contributed by atoms with van der Waals surface area (Å²) in [6.45, 7) is 1.63. The molecule has 0 spiro atoms. The van der Waals surface area contributed by atoms with Crippen LogP contribution in [-0.4, -0.2) is 15.1 Å². The Balaban J connectivity index is 2.89. The third-order valence-corrected chi connectivity index (χ3v) is 1.42. The number of aliphatic hydroxyl groups is 1. The predicted molar refractivity (Wildman–Crippen MR) is 40.4 cm³/mol. The summed E-state index contributed by atoms with van der Waals surface area (Å²) in [6, 6.07) is 0. The standard InChI is InChI=1S/C6H7BrN2O/c1-4(10)6-8-2-5(7)3-9-6/h2-4,10H,1H3. The van der Waals surface area contributed by atoms with Crippen molar-refractivity contribution >= 4 is 15.9 Å². The quantitative estimate of drug-likeness (QED) is 0.747. The van der Waals surface area contributed by atoms with Crippen LogP contribution < -0.4 is 0 Å². The zero-order valence-corrected chi connectivity index (χ0v) is 7.04. The number of halogens is 1. The molecule has 3 nitrogen and oxygen atoms in total. The van der Waals surface area contributed by atoms with Crippen molar-refractivity contribution in [2.24, 2.45) is 0 Å². The molecule has 54 valence electrons. The molecule has 0 aliphatic heterocycles. The van der Waals surface area contributed by atoms with Gasteiger partial charge in [-0.05, 0) is 22.9 Å². The Morgan fingerprint density at radius 3 is 2.40 bits per heavy atom. The lowest BCUT2D eigenvalue weighted by Crippen LogP contribution is -1.97. The minimum absolute atomic E-state index is 0.447. The van der Waals surface area contributed by atoms with Crippen LogP contribution in [0.1, 0.15) is 18.9 Å². The lowest BCUT2D eigenvalue weighted by Gasteiger charge is -1.99. The van der Waals surface area contributed by atoms with Gasteiger partial charge in [0.1, 0.15) is 6.10 Å². The molecule has 1 unspecified atom stereocenters. The van der Waals surface area contributed by atoms with Gasteiger partial charge in [0.15, 0.2) is 5.82 Å². The minimum Gasteiger partial charge on any atom is -0.385 e. The molecule has 1 N–H and O–H groups in total. The second-order valence-electron chi connectivity index (χ2n) is 1.94. The summed E-state index contributed by atoms with van der Waals surface area (Å²) in [7, 11) is 0. The molecule has 0 aliphatic rings. The molecule has 1 aromatic rings. The van der Waals surface area contributed by atoms with Crippen LogP contribution in [0.4, 0.5) is 0 Å². The van der Waals surface area contributed by atoms with E-state index in [0.717, 1.165) is 4.47 Å². The van der Waals surface area contributed by atoms with Gasteiger partial charge >= 0.3 is 0 Å². The molecule has 0 bridgehead atoms. The first-order chi connectivity index (χ1) is 4.70. The monoisotopic (exact) mass is 202 g/mol. The maximum absolute atomic E-state index is 8.97. The summed E-state index contributed by atoms with van der Waals surface area (Å²) in [5, 5.41) is 8.97. The number of aromatic nitrogens is 2. The van der Waals surface area contributed by atoms with Crippen LogP contribution in [0.3, 0.4) is 0 Å². The molecule has 0 amide bonds. The van der Waals surface area contributed by atoms with E-state index in [0.29, 0.717) is 5.82 Å². The molecule has 0 radical (unpaired) electrons. The zero-order valence-electron chi connectivity index (χ0n) is 5.45. The van der Waals surface area contributed by atoms with Crippen molar-refractivity contribution in [2.45, 2.75) is 13.0 Å². The van der Waals surface area contributed by atoms with E-state index >= 15 is 0 Å². The fourth-order valence-electron chi connectivity index (χ4n) is 0.538. The maximum atomic E-state index is 8.97. The van der Waals surface area contributed by atoms with Crippen molar-refractivity contribution in [3.8, 4) is 0 Å². The Hall–Kier alpha value is -0.480. The number of aliphatic hydroxyl groups excluding tert-OH is 1. The third kappa shape index (κ3) is 1.75. The predicted octanol–water partition coefficient (Wildman–Crippen LogP) is 1.29. The van der Waals surface area contributed by atoms with Crippen LogP contribution >= 0.6 is 15.9 Å². The first kappa shape index (κ1) is 7.63. The lowest BCUT2D eigenvalue weighted by molar-refractivity contribution is 0.189. The van der Waals surface area contributed by atoms with Crippen LogP contribution in [-0.2, 0) is 0 Å². The Kier molecular flexibility index (Phi) is 2.34. The first-order valence-corrected chi connectivity index (χ1v) is 3.65. The second-order valence-corrected chi connectivity index (χ2v) is 2.85. The smallest absolute Gasteiger partial charge is 0.156 e. The minimum atomic E-state index is -0.590. The summed E-state index contributed by atoms with van der Waals surface area (Å²) in [5.74, 6) is 0.447. The fourth-order valence-corrected chi connectivity index (χ4v) is 0.743. The average molecular weight is 203 g/mol. The van der Waals surface area contributed by atoms with Crippen LogP contribution in [0, 0.1) is 0 Å². The van der Waals surface area contributed by atoms with Gasteiger partial charge in [0.2, 0.25) is 0 Å². The van der Waals surface area contributed by atoms with Gasteiger partial charge in [-0.1, -0.05) is 0 Å². The van der Waals surface area contributed by atoms with Gasteiger partial charge in [-0.25, -0.2) is 9.97 Å². The molecular formula is C6H7BrN2O. The van der Waals surface area contributed by atoms with Crippen molar-refractivity contribution in [1.82, 2.24) is 9.97 Å². The highest BCUT2D eigenvalue weighted by Gasteiger charge is 2.01. The van der Waals surface area contributed by atoms with Gasteiger partial charge in [0, 0.05) is 12.4 Å². The Morgan fingerprint density at radius 1 is 1.50 bits per heavy atom. The van der Waals surface area contributed by atoms with Crippen LogP contribution in [0.5, 0.6) is 0 Å². The van der Waals surface area contributed by atoms with Crippen LogP contribution in [0.15, 0.2) is 16.9 Å².